The van der Waals surface area contributed by atoms with Gasteiger partial charge >= 0.3 is 5.97 Å². The molecule has 0 bridgehead atoms. The Morgan fingerprint density at radius 1 is 1.38 bits per heavy atom. The molecule has 1 aromatic rings. The van der Waals surface area contributed by atoms with Crippen LogP contribution in [-0.2, 0) is 11.2 Å². The van der Waals surface area contributed by atoms with Crippen molar-refractivity contribution in [2.75, 3.05) is 11.5 Å². The number of thioether (sulfide) groups is 1. The van der Waals surface area contributed by atoms with Crippen LogP contribution < -0.4 is 5.32 Å². The van der Waals surface area contributed by atoms with Crippen LogP contribution in [0.1, 0.15) is 46.6 Å². The summed E-state index contributed by atoms with van der Waals surface area (Å²) in [7, 11) is 0. The van der Waals surface area contributed by atoms with Crippen molar-refractivity contribution in [1.29, 1.82) is 0 Å². The largest absolute Gasteiger partial charge is 0.480 e. The number of hydrogen-bond donors (Lipinski definition) is 2. The fraction of sp³-hybridized carbons (Fsp3) is 0.643. The highest BCUT2D eigenvalue weighted by Gasteiger charge is 2.41. The number of amides is 1. The minimum atomic E-state index is -1.12. The molecule has 116 valence electrons. The average molecular weight is 328 g/mol. The Morgan fingerprint density at radius 3 is 2.62 bits per heavy atom. The first-order valence-electron chi connectivity index (χ1n) is 7.08. The molecular formula is C14H20N2O3S2. The van der Waals surface area contributed by atoms with Gasteiger partial charge in [0, 0.05) is 0 Å². The van der Waals surface area contributed by atoms with Crippen LogP contribution in [0.25, 0.3) is 0 Å². The first kappa shape index (κ1) is 16.3. The van der Waals surface area contributed by atoms with Crippen molar-refractivity contribution in [1.82, 2.24) is 10.3 Å². The van der Waals surface area contributed by atoms with Crippen LogP contribution in [-0.4, -0.2) is 39.0 Å². The van der Waals surface area contributed by atoms with Crippen LogP contribution >= 0.6 is 23.1 Å². The van der Waals surface area contributed by atoms with E-state index in [0.717, 1.165) is 29.4 Å². The summed E-state index contributed by atoms with van der Waals surface area (Å²) in [5.74, 6) is 0.277. The number of aromatic nitrogens is 1. The number of carboxylic acid groups (broad SMARTS) is 1. The summed E-state index contributed by atoms with van der Waals surface area (Å²) in [6, 6.07) is 0. The molecule has 0 spiro atoms. The van der Waals surface area contributed by atoms with E-state index in [1.165, 1.54) is 11.3 Å². The Morgan fingerprint density at radius 2 is 2.05 bits per heavy atom. The number of aliphatic carboxylic acids is 1. The molecule has 0 atom stereocenters. The van der Waals surface area contributed by atoms with Crippen molar-refractivity contribution in [3.05, 3.63) is 15.6 Å². The van der Waals surface area contributed by atoms with Crippen LogP contribution in [0.5, 0.6) is 0 Å². The molecule has 7 heteroatoms. The van der Waals surface area contributed by atoms with Crippen molar-refractivity contribution in [2.24, 2.45) is 0 Å². The van der Waals surface area contributed by atoms with Crippen molar-refractivity contribution in [3.63, 3.8) is 0 Å². The van der Waals surface area contributed by atoms with Crippen molar-refractivity contribution >= 4 is 35.0 Å². The quantitative estimate of drug-likeness (QED) is 0.868. The highest BCUT2D eigenvalue weighted by atomic mass is 32.2. The van der Waals surface area contributed by atoms with E-state index >= 15 is 0 Å². The smallest absolute Gasteiger partial charge is 0.329 e. The summed E-state index contributed by atoms with van der Waals surface area (Å²) in [4.78, 5) is 29.0. The number of nitrogens with zero attached hydrogens (tertiary/aromatic N) is 1. The molecule has 2 heterocycles. The summed E-state index contributed by atoms with van der Waals surface area (Å²) in [6.07, 6.45) is 2.76. The van der Waals surface area contributed by atoms with Crippen molar-refractivity contribution in [3.8, 4) is 0 Å². The van der Waals surface area contributed by atoms with Gasteiger partial charge in [0.25, 0.3) is 5.91 Å². The second kappa shape index (κ2) is 6.79. The molecule has 1 saturated heterocycles. The van der Waals surface area contributed by atoms with E-state index in [4.69, 9.17) is 0 Å². The van der Waals surface area contributed by atoms with Gasteiger partial charge in [0.05, 0.1) is 10.7 Å². The number of carbonyl (C=O) groups is 2. The number of thiazole rings is 1. The van der Waals surface area contributed by atoms with Gasteiger partial charge in [-0.15, -0.1) is 11.3 Å². The summed E-state index contributed by atoms with van der Waals surface area (Å²) in [5.41, 5.74) is -0.435. The molecule has 1 aliphatic rings. The van der Waals surface area contributed by atoms with Gasteiger partial charge in [-0.3, -0.25) is 4.79 Å². The zero-order valence-electron chi connectivity index (χ0n) is 12.3. The third-order valence-electron chi connectivity index (χ3n) is 3.62. The number of rotatable bonds is 5. The molecule has 2 rings (SSSR count). The molecule has 0 saturated carbocycles. The minimum absolute atomic E-state index is 0.304. The van der Waals surface area contributed by atoms with E-state index in [1.807, 2.05) is 0 Å². The van der Waals surface area contributed by atoms with E-state index in [9.17, 15) is 14.7 Å². The number of nitrogens with one attached hydrogen (secondary N) is 1. The minimum Gasteiger partial charge on any atom is -0.480 e. The second-order valence-electron chi connectivity index (χ2n) is 5.23. The van der Waals surface area contributed by atoms with E-state index < -0.39 is 11.5 Å². The zero-order chi connectivity index (χ0) is 15.5. The van der Waals surface area contributed by atoms with Gasteiger partial charge in [0.1, 0.15) is 10.4 Å². The van der Waals surface area contributed by atoms with E-state index in [0.29, 0.717) is 23.4 Å². The molecule has 0 aromatic carbocycles. The summed E-state index contributed by atoms with van der Waals surface area (Å²) in [5, 5.41) is 13.2. The third kappa shape index (κ3) is 3.58. The Kier molecular flexibility index (Phi) is 5.27. The van der Waals surface area contributed by atoms with Crippen LogP contribution in [0, 0.1) is 6.92 Å². The third-order valence-corrected chi connectivity index (χ3v) is 5.82. The molecule has 2 N–H and O–H groups in total. The molecule has 1 amide bonds. The summed E-state index contributed by atoms with van der Waals surface area (Å²) in [6.45, 7) is 3.87. The first-order chi connectivity index (χ1) is 9.98. The van der Waals surface area contributed by atoms with E-state index in [2.05, 4.69) is 17.2 Å². The molecule has 0 aliphatic carbocycles. The first-order valence-corrected chi connectivity index (χ1v) is 9.05. The average Bonchev–Trinajstić information content (AvgIpc) is 2.81. The standard InChI is InChI=1S/C14H20N2O3S2/c1-3-4-10-15-9(2)11(21-10)12(17)16-14(13(18)19)5-7-20-8-6-14/h3-8H2,1-2H3,(H,16,17)(H,18,19). The molecule has 5 nitrogen and oxygen atoms in total. The second-order valence-corrected chi connectivity index (χ2v) is 7.53. The van der Waals surface area contributed by atoms with Crippen LogP contribution in [0.15, 0.2) is 0 Å². The van der Waals surface area contributed by atoms with Gasteiger partial charge in [-0.1, -0.05) is 6.92 Å². The van der Waals surface area contributed by atoms with Gasteiger partial charge in [-0.25, -0.2) is 9.78 Å². The van der Waals surface area contributed by atoms with Gasteiger partial charge < -0.3 is 10.4 Å². The number of carboxylic acids is 1. The fourth-order valence-corrected chi connectivity index (χ4v) is 4.62. The lowest BCUT2D eigenvalue weighted by atomic mass is 9.92. The topological polar surface area (TPSA) is 79.3 Å². The normalized spacial score (nSPS) is 17.4. The molecule has 0 radical (unpaired) electrons. The maximum absolute atomic E-state index is 12.5. The number of aryl methyl sites for hydroxylation is 2. The van der Waals surface area contributed by atoms with E-state index in [-0.39, 0.29) is 5.91 Å². The zero-order valence-corrected chi connectivity index (χ0v) is 13.9. The molecule has 1 aromatic heterocycles. The lowest BCUT2D eigenvalue weighted by molar-refractivity contribution is -0.144. The predicted octanol–water partition coefficient (Wildman–Crippen LogP) is 2.48. The summed E-state index contributed by atoms with van der Waals surface area (Å²) >= 11 is 3.10. The highest BCUT2D eigenvalue weighted by molar-refractivity contribution is 7.99. The number of carbonyl (C=O) groups excluding carboxylic acids is 1. The maximum Gasteiger partial charge on any atom is 0.329 e. The van der Waals surface area contributed by atoms with Crippen LogP contribution in [0.4, 0.5) is 0 Å². The maximum atomic E-state index is 12.5. The van der Waals surface area contributed by atoms with Crippen LogP contribution in [0.3, 0.4) is 0 Å². The molecule has 1 aliphatic heterocycles. The fourth-order valence-electron chi connectivity index (χ4n) is 2.37. The van der Waals surface area contributed by atoms with Crippen molar-refractivity contribution in [2.45, 2.75) is 45.1 Å². The summed E-state index contributed by atoms with van der Waals surface area (Å²) < 4.78 is 0. The van der Waals surface area contributed by atoms with Gasteiger partial charge in [-0.2, -0.15) is 11.8 Å². The SMILES string of the molecule is CCCc1nc(C)c(C(=O)NC2(C(=O)O)CCSCC2)s1. The lowest BCUT2D eigenvalue weighted by Crippen LogP contribution is -2.56. The number of hydrogen-bond acceptors (Lipinski definition) is 5. The van der Waals surface area contributed by atoms with Gasteiger partial charge in [-0.05, 0) is 44.1 Å². The lowest BCUT2D eigenvalue weighted by Gasteiger charge is -2.33. The molecule has 1 fully saturated rings. The van der Waals surface area contributed by atoms with Crippen molar-refractivity contribution < 1.29 is 14.7 Å². The predicted molar refractivity (Wildman–Crippen MR) is 85.2 cm³/mol. The van der Waals surface area contributed by atoms with Gasteiger partial charge in [0.2, 0.25) is 0 Å². The Hall–Kier alpha value is -1.08. The highest BCUT2D eigenvalue weighted by Crippen LogP contribution is 2.29. The van der Waals surface area contributed by atoms with Crippen LogP contribution in [0.2, 0.25) is 0 Å². The molecule has 21 heavy (non-hydrogen) atoms. The monoisotopic (exact) mass is 328 g/mol. The Balaban J connectivity index is 2.17. The molecule has 0 unspecified atom stereocenters. The van der Waals surface area contributed by atoms with Gasteiger partial charge in [0.15, 0.2) is 0 Å². The Bertz CT molecular complexity index is 536. The molecular weight excluding hydrogens is 308 g/mol. The van der Waals surface area contributed by atoms with E-state index in [1.54, 1.807) is 18.7 Å². The Labute approximate surface area is 132 Å².